The number of nitrogens with zero attached hydrogens (tertiary/aromatic N) is 2. The van der Waals surface area contributed by atoms with Gasteiger partial charge in [-0.25, -0.2) is 0 Å². The Morgan fingerprint density at radius 3 is 2.15 bits per heavy atom. The highest BCUT2D eigenvalue weighted by atomic mass is 16.3. The van der Waals surface area contributed by atoms with E-state index >= 15 is 0 Å². The van der Waals surface area contributed by atoms with E-state index in [0.29, 0.717) is 5.56 Å². The molecule has 0 radical (unpaired) electrons. The van der Waals surface area contributed by atoms with Gasteiger partial charge in [0.05, 0.1) is 22.7 Å². The lowest BCUT2D eigenvalue weighted by molar-refractivity contribution is 0.669. The third-order valence-electron chi connectivity index (χ3n) is 6.62. The molecule has 0 bridgehead atoms. The van der Waals surface area contributed by atoms with E-state index in [1.807, 2.05) is 48.5 Å². The van der Waals surface area contributed by atoms with E-state index in [0.717, 1.165) is 55.0 Å². The number of hydrogen-bond donors (Lipinski definition) is 0. The first-order valence-corrected chi connectivity index (χ1v) is 11.3. The molecule has 0 spiro atoms. The third-order valence-corrected chi connectivity index (χ3v) is 6.62. The van der Waals surface area contributed by atoms with E-state index in [-0.39, 0.29) is 0 Å². The summed E-state index contributed by atoms with van der Waals surface area (Å²) < 4.78 is 8.33. The summed E-state index contributed by atoms with van der Waals surface area (Å²) in [4.78, 5) is 0. The molecule has 7 rings (SSSR count). The molecule has 0 fully saturated rings. The van der Waals surface area contributed by atoms with Gasteiger partial charge in [0.1, 0.15) is 11.2 Å². The normalized spacial score (nSPS) is 11.5. The molecule has 0 unspecified atom stereocenters. The number of aromatic nitrogens is 1. The van der Waals surface area contributed by atoms with Crippen LogP contribution in [0, 0.1) is 11.3 Å². The van der Waals surface area contributed by atoms with E-state index in [4.69, 9.17) is 4.42 Å². The fourth-order valence-electron chi connectivity index (χ4n) is 5.03. The van der Waals surface area contributed by atoms with Crippen molar-refractivity contribution in [2.45, 2.75) is 0 Å². The zero-order chi connectivity index (χ0) is 22.6. The van der Waals surface area contributed by atoms with Crippen molar-refractivity contribution in [1.29, 1.82) is 5.26 Å². The average molecular weight is 434 g/mol. The van der Waals surface area contributed by atoms with E-state index in [9.17, 15) is 5.26 Å². The Balaban J connectivity index is 1.55. The fraction of sp³-hybridized carbons (Fsp3) is 0. The van der Waals surface area contributed by atoms with E-state index < -0.39 is 0 Å². The van der Waals surface area contributed by atoms with Crippen LogP contribution in [0.15, 0.2) is 114 Å². The van der Waals surface area contributed by atoms with Gasteiger partial charge in [0.2, 0.25) is 0 Å². The molecule has 0 aliphatic carbocycles. The molecule has 7 aromatic rings. The highest BCUT2D eigenvalue weighted by Gasteiger charge is 2.15. The van der Waals surface area contributed by atoms with Crippen molar-refractivity contribution in [2.24, 2.45) is 0 Å². The zero-order valence-electron chi connectivity index (χ0n) is 18.2. The van der Waals surface area contributed by atoms with Crippen LogP contribution in [-0.2, 0) is 0 Å². The lowest BCUT2D eigenvalue weighted by Crippen LogP contribution is -1.93. The quantitative estimate of drug-likeness (QED) is 0.275. The summed E-state index contributed by atoms with van der Waals surface area (Å²) in [5.41, 5.74) is 8.01. The number of para-hydroxylation sites is 1. The number of fused-ring (bicyclic) bond motifs is 6. The van der Waals surface area contributed by atoms with Crippen molar-refractivity contribution in [3.8, 4) is 22.9 Å². The SMILES string of the molecule is N#Cc1ccc2c(c1)c1cc(-c3ccccc3)ccc1n2-c1ccc2oc3ccccc3c2c1. The van der Waals surface area contributed by atoms with Gasteiger partial charge in [-0.15, -0.1) is 0 Å². The molecule has 0 atom stereocenters. The smallest absolute Gasteiger partial charge is 0.135 e. The molecule has 3 heteroatoms. The molecule has 0 aliphatic heterocycles. The number of rotatable bonds is 2. The average Bonchev–Trinajstić information content (AvgIpc) is 3.43. The summed E-state index contributed by atoms with van der Waals surface area (Å²) in [6, 6.07) is 39.7. The van der Waals surface area contributed by atoms with Gasteiger partial charge in [-0.05, 0) is 65.7 Å². The molecular formula is C31H18N2O. The standard InChI is InChI=1S/C31H18N2O/c32-19-20-10-13-28-25(16-20)26-17-22(21-6-2-1-3-7-21)11-14-29(26)33(28)23-12-15-31-27(18-23)24-8-4-5-9-30(24)34-31/h1-18H. The monoisotopic (exact) mass is 434 g/mol. The second-order valence-electron chi connectivity index (χ2n) is 8.56. The first kappa shape index (κ1) is 18.7. The van der Waals surface area contributed by atoms with Crippen LogP contribution in [0.2, 0.25) is 0 Å². The molecule has 158 valence electrons. The molecular weight excluding hydrogens is 416 g/mol. The zero-order valence-corrected chi connectivity index (χ0v) is 18.2. The van der Waals surface area contributed by atoms with Gasteiger partial charge in [-0.1, -0.05) is 54.6 Å². The molecule has 2 aromatic heterocycles. The maximum Gasteiger partial charge on any atom is 0.135 e. The van der Waals surface area contributed by atoms with Gasteiger partial charge in [0, 0.05) is 27.2 Å². The minimum absolute atomic E-state index is 0.660. The second-order valence-corrected chi connectivity index (χ2v) is 8.56. The Morgan fingerprint density at radius 1 is 0.559 bits per heavy atom. The fourth-order valence-corrected chi connectivity index (χ4v) is 5.03. The molecule has 0 amide bonds. The molecule has 5 aromatic carbocycles. The predicted octanol–water partition coefficient (Wildman–Crippen LogP) is 8.22. The first-order chi connectivity index (χ1) is 16.8. The minimum Gasteiger partial charge on any atom is -0.456 e. The Labute approximate surface area is 195 Å². The van der Waals surface area contributed by atoms with Crippen molar-refractivity contribution >= 4 is 43.7 Å². The third kappa shape index (κ3) is 2.69. The van der Waals surface area contributed by atoms with Crippen molar-refractivity contribution in [1.82, 2.24) is 4.57 Å². The summed E-state index contributed by atoms with van der Waals surface area (Å²) in [5.74, 6) is 0. The van der Waals surface area contributed by atoms with Gasteiger partial charge in [0.25, 0.3) is 0 Å². The van der Waals surface area contributed by atoms with Crippen LogP contribution >= 0.6 is 0 Å². The number of furan rings is 1. The van der Waals surface area contributed by atoms with Crippen LogP contribution < -0.4 is 0 Å². The van der Waals surface area contributed by atoms with Crippen LogP contribution in [0.25, 0.3) is 60.6 Å². The molecule has 0 N–H and O–H groups in total. The topological polar surface area (TPSA) is 41.9 Å². The van der Waals surface area contributed by atoms with Gasteiger partial charge >= 0.3 is 0 Å². The summed E-state index contributed by atoms with van der Waals surface area (Å²) in [6.45, 7) is 0. The van der Waals surface area contributed by atoms with Gasteiger partial charge < -0.3 is 8.98 Å². The van der Waals surface area contributed by atoms with Crippen molar-refractivity contribution in [3.63, 3.8) is 0 Å². The van der Waals surface area contributed by atoms with Crippen LogP contribution in [0.4, 0.5) is 0 Å². The number of benzene rings is 5. The van der Waals surface area contributed by atoms with Crippen LogP contribution in [0.5, 0.6) is 0 Å². The lowest BCUT2D eigenvalue weighted by atomic mass is 10.0. The highest BCUT2D eigenvalue weighted by Crippen LogP contribution is 2.37. The molecule has 34 heavy (non-hydrogen) atoms. The highest BCUT2D eigenvalue weighted by molar-refractivity contribution is 6.12. The van der Waals surface area contributed by atoms with E-state index in [1.54, 1.807) is 0 Å². The maximum absolute atomic E-state index is 9.55. The van der Waals surface area contributed by atoms with Crippen LogP contribution in [0.3, 0.4) is 0 Å². The largest absolute Gasteiger partial charge is 0.456 e. The maximum atomic E-state index is 9.55. The summed E-state index contributed by atoms with van der Waals surface area (Å²) in [6.07, 6.45) is 0. The van der Waals surface area contributed by atoms with E-state index in [2.05, 4.69) is 71.3 Å². The van der Waals surface area contributed by atoms with Gasteiger partial charge in [-0.2, -0.15) is 5.26 Å². The van der Waals surface area contributed by atoms with Crippen molar-refractivity contribution < 1.29 is 4.42 Å². The molecule has 2 heterocycles. The Hall–Kier alpha value is -4.81. The molecule has 0 saturated heterocycles. The Kier molecular flexibility index (Phi) is 3.91. The first-order valence-electron chi connectivity index (χ1n) is 11.3. The van der Waals surface area contributed by atoms with Crippen molar-refractivity contribution in [2.75, 3.05) is 0 Å². The van der Waals surface area contributed by atoms with Crippen LogP contribution in [-0.4, -0.2) is 4.57 Å². The summed E-state index contributed by atoms with van der Waals surface area (Å²) in [7, 11) is 0. The van der Waals surface area contributed by atoms with Crippen LogP contribution in [0.1, 0.15) is 5.56 Å². The Bertz CT molecular complexity index is 1920. The number of nitriles is 1. The Morgan fingerprint density at radius 2 is 1.29 bits per heavy atom. The molecule has 0 saturated carbocycles. The minimum atomic E-state index is 0.660. The van der Waals surface area contributed by atoms with Gasteiger partial charge in [0.15, 0.2) is 0 Å². The van der Waals surface area contributed by atoms with E-state index in [1.165, 1.54) is 5.56 Å². The number of hydrogen-bond acceptors (Lipinski definition) is 2. The van der Waals surface area contributed by atoms with Crippen molar-refractivity contribution in [3.05, 3.63) is 115 Å². The predicted molar refractivity (Wildman–Crippen MR) is 138 cm³/mol. The van der Waals surface area contributed by atoms with Gasteiger partial charge in [-0.3, -0.25) is 0 Å². The summed E-state index contributed by atoms with van der Waals surface area (Å²) in [5, 5.41) is 14.0. The second kappa shape index (κ2) is 7.10. The summed E-state index contributed by atoms with van der Waals surface area (Å²) >= 11 is 0. The lowest BCUT2D eigenvalue weighted by Gasteiger charge is -2.09. The molecule has 3 nitrogen and oxygen atoms in total. The molecule has 0 aliphatic rings.